The van der Waals surface area contributed by atoms with E-state index in [-0.39, 0.29) is 10.6 Å². The Morgan fingerprint density at radius 1 is 1.60 bits per heavy atom. The Labute approximate surface area is 61.2 Å². The summed E-state index contributed by atoms with van der Waals surface area (Å²) in [6.45, 7) is 4.86. The molecule has 58 valence electrons. The Balaban J connectivity index is 5.13. The van der Waals surface area contributed by atoms with Gasteiger partial charge in [-0.2, -0.15) is 0 Å². The highest BCUT2D eigenvalue weighted by atomic mass is 32.2. The van der Waals surface area contributed by atoms with Crippen molar-refractivity contribution in [3.8, 4) is 0 Å². The van der Waals surface area contributed by atoms with Gasteiger partial charge in [0.25, 0.3) is 0 Å². The molecule has 0 aromatic carbocycles. The second kappa shape index (κ2) is 2.88. The SMILES string of the molecule is C=C/C(=C(\C)N)S(C)(=O)=O. The van der Waals surface area contributed by atoms with Crippen LogP contribution in [-0.4, -0.2) is 14.7 Å². The smallest absolute Gasteiger partial charge is 0.177 e. The van der Waals surface area contributed by atoms with Crippen LogP contribution < -0.4 is 5.73 Å². The van der Waals surface area contributed by atoms with E-state index >= 15 is 0 Å². The number of sulfone groups is 1. The van der Waals surface area contributed by atoms with E-state index in [1.165, 1.54) is 13.0 Å². The molecule has 0 radical (unpaired) electrons. The highest BCUT2D eigenvalue weighted by Gasteiger charge is 2.08. The third-order valence-corrected chi connectivity index (χ3v) is 2.26. The molecule has 0 aliphatic carbocycles. The monoisotopic (exact) mass is 161 g/mol. The molecule has 0 fully saturated rings. The van der Waals surface area contributed by atoms with Crippen LogP contribution in [0.3, 0.4) is 0 Å². The van der Waals surface area contributed by atoms with E-state index < -0.39 is 9.84 Å². The van der Waals surface area contributed by atoms with Gasteiger partial charge >= 0.3 is 0 Å². The van der Waals surface area contributed by atoms with E-state index in [9.17, 15) is 8.42 Å². The molecule has 0 aliphatic rings. The third-order valence-electron chi connectivity index (χ3n) is 0.974. The molecule has 0 amide bonds. The lowest BCUT2D eigenvalue weighted by Gasteiger charge is -1.99. The van der Waals surface area contributed by atoms with Crippen LogP contribution in [0.15, 0.2) is 23.3 Å². The van der Waals surface area contributed by atoms with Crippen molar-refractivity contribution in [1.82, 2.24) is 0 Å². The molecule has 4 heteroatoms. The maximum absolute atomic E-state index is 10.8. The van der Waals surface area contributed by atoms with Crippen LogP contribution in [-0.2, 0) is 9.84 Å². The van der Waals surface area contributed by atoms with Crippen LogP contribution in [0.4, 0.5) is 0 Å². The fourth-order valence-electron chi connectivity index (χ4n) is 0.605. The fraction of sp³-hybridized carbons (Fsp3) is 0.333. The van der Waals surface area contributed by atoms with Gasteiger partial charge in [-0.25, -0.2) is 8.42 Å². The summed E-state index contributed by atoms with van der Waals surface area (Å²) in [4.78, 5) is 0.104. The van der Waals surface area contributed by atoms with Gasteiger partial charge in [0.15, 0.2) is 9.84 Å². The number of hydrogen-bond donors (Lipinski definition) is 1. The molecule has 0 saturated carbocycles. The summed E-state index contributed by atoms with van der Waals surface area (Å²) < 4.78 is 21.6. The second-order valence-corrected chi connectivity index (χ2v) is 4.01. The molecular weight excluding hydrogens is 150 g/mol. The number of allylic oxidation sites excluding steroid dienone is 2. The van der Waals surface area contributed by atoms with Gasteiger partial charge in [0.1, 0.15) is 0 Å². The molecule has 3 nitrogen and oxygen atoms in total. The average molecular weight is 161 g/mol. The Kier molecular flexibility index (Phi) is 2.65. The van der Waals surface area contributed by atoms with Crippen molar-refractivity contribution in [2.75, 3.05) is 6.26 Å². The maximum Gasteiger partial charge on any atom is 0.177 e. The first-order valence-corrected chi connectivity index (χ1v) is 4.57. The summed E-state index contributed by atoms with van der Waals surface area (Å²) in [5.74, 6) is 0. The molecule has 0 atom stereocenters. The maximum atomic E-state index is 10.8. The highest BCUT2D eigenvalue weighted by Crippen LogP contribution is 2.07. The molecule has 0 bridgehead atoms. The van der Waals surface area contributed by atoms with Gasteiger partial charge in [0.2, 0.25) is 0 Å². The first-order chi connectivity index (χ1) is 4.39. The minimum absolute atomic E-state index is 0.104. The Hall–Kier alpha value is -0.770. The molecule has 0 saturated heterocycles. The van der Waals surface area contributed by atoms with Crippen LogP contribution in [0.5, 0.6) is 0 Å². The zero-order valence-corrected chi connectivity index (χ0v) is 6.90. The van der Waals surface area contributed by atoms with Crippen molar-refractivity contribution in [3.05, 3.63) is 23.3 Å². The molecule has 2 N–H and O–H groups in total. The average Bonchev–Trinajstić information content (AvgIpc) is 1.60. The summed E-state index contributed by atoms with van der Waals surface area (Å²) in [6.07, 6.45) is 2.34. The number of rotatable bonds is 2. The van der Waals surface area contributed by atoms with Gasteiger partial charge in [-0.3, -0.25) is 0 Å². The van der Waals surface area contributed by atoms with E-state index in [1.54, 1.807) is 0 Å². The van der Waals surface area contributed by atoms with E-state index in [0.29, 0.717) is 0 Å². The van der Waals surface area contributed by atoms with Crippen LogP contribution in [0, 0.1) is 0 Å². The molecule has 0 aromatic heterocycles. The molecule has 0 aromatic rings. The van der Waals surface area contributed by atoms with Gasteiger partial charge in [-0.05, 0) is 13.0 Å². The van der Waals surface area contributed by atoms with Crippen LogP contribution >= 0.6 is 0 Å². The third kappa shape index (κ3) is 2.23. The molecule has 0 unspecified atom stereocenters. The van der Waals surface area contributed by atoms with Crippen molar-refractivity contribution in [1.29, 1.82) is 0 Å². The lowest BCUT2D eigenvalue weighted by Crippen LogP contribution is -2.05. The highest BCUT2D eigenvalue weighted by molar-refractivity contribution is 7.94. The van der Waals surface area contributed by atoms with Crippen LogP contribution in [0.1, 0.15) is 6.92 Å². The van der Waals surface area contributed by atoms with Gasteiger partial charge in [0.05, 0.1) is 4.91 Å². The van der Waals surface area contributed by atoms with E-state index in [4.69, 9.17) is 5.73 Å². The minimum Gasteiger partial charge on any atom is -0.401 e. The van der Waals surface area contributed by atoms with Crippen molar-refractivity contribution >= 4 is 9.84 Å². The van der Waals surface area contributed by atoms with Gasteiger partial charge < -0.3 is 5.73 Å². The Morgan fingerprint density at radius 2 is 2.00 bits per heavy atom. The first-order valence-electron chi connectivity index (χ1n) is 2.68. The standard InChI is InChI=1S/C6H11NO2S/c1-4-6(5(2)7)10(3,8)9/h4H,1,7H2,2-3H3/b6-5-. The largest absolute Gasteiger partial charge is 0.401 e. The van der Waals surface area contributed by atoms with Crippen LogP contribution in [0.25, 0.3) is 0 Å². The van der Waals surface area contributed by atoms with Crippen molar-refractivity contribution in [2.24, 2.45) is 5.73 Å². The molecular formula is C6H11NO2S. The zero-order chi connectivity index (χ0) is 8.36. The van der Waals surface area contributed by atoms with E-state index in [2.05, 4.69) is 6.58 Å². The summed E-state index contributed by atoms with van der Waals surface area (Å²) in [5, 5.41) is 0. The van der Waals surface area contributed by atoms with E-state index in [0.717, 1.165) is 6.26 Å². The first kappa shape index (κ1) is 9.23. The lowest BCUT2D eigenvalue weighted by molar-refractivity contribution is 0.608. The molecule has 0 spiro atoms. The van der Waals surface area contributed by atoms with Gasteiger partial charge in [-0.1, -0.05) is 6.58 Å². The predicted molar refractivity (Wildman–Crippen MR) is 41.9 cm³/mol. The zero-order valence-electron chi connectivity index (χ0n) is 6.09. The topological polar surface area (TPSA) is 60.2 Å². The van der Waals surface area contributed by atoms with Crippen LogP contribution in [0.2, 0.25) is 0 Å². The second-order valence-electron chi connectivity index (χ2n) is 2.02. The number of hydrogen-bond acceptors (Lipinski definition) is 3. The normalized spacial score (nSPS) is 14.2. The number of nitrogens with two attached hydrogens (primary N) is 1. The van der Waals surface area contributed by atoms with E-state index in [1.807, 2.05) is 0 Å². The molecule has 0 heterocycles. The summed E-state index contributed by atoms with van der Waals surface area (Å²) in [6, 6.07) is 0. The van der Waals surface area contributed by atoms with Gasteiger partial charge in [-0.15, -0.1) is 0 Å². The quantitative estimate of drug-likeness (QED) is 0.596. The molecule has 0 aliphatic heterocycles. The Bertz CT molecular complexity index is 257. The Morgan fingerprint density at radius 3 is 2.00 bits per heavy atom. The van der Waals surface area contributed by atoms with Crippen molar-refractivity contribution in [2.45, 2.75) is 6.92 Å². The lowest BCUT2D eigenvalue weighted by atomic mass is 10.4. The summed E-state index contributed by atoms with van der Waals surface area (Å²) >= 11 is 0. The molecule has 10 heavy (non-hydrogen) atoms. The summed E-state index contributed by atoms with van der Waals surface area (Å²) in [5.41, 5.74) is 5.54. The minimum atomic E-state index is -3.18. The van der Waals surface area contributed by atoms with Crippen molar-refractivity contribution in [3.63, 3.8) is 0 Å². The molecule has 0 rings (SSSR count). The van der Waals surface area contributed by atoms with Crippen molar-refractivity contribution < 1.29 is 8.42 Å². The predicted octanol–water partition coefficient (Wildman–Crippen LogP) is 0.407. The summed E-state index contributed by atoms with van der Waals surface area (Å²) in [7, 11) is -3.18. The van der Waals surface area contributed by atoms with Gasteiger partial charge in [0, 0.05) is 12.0 Å². The fourth-order valence-corrected chi connectivity index (χ4v) is 1.49.